The second kappa shape index (κ2) is 6.51. The molecule has 0 spiro atoms. The summed E-state index contributed by atoms with van der Waals surface area (Å²) in [6.07, 6.45) is 0. The van der Waals surface area contributed by atoms with Gasteiger partial charge >= 0.3 is 0 Å². The molecule has 1 aromatic rings. The molecule has 0 radical (unpaired) electrons. The molecule has 17 heavy (non-hydrogen) atoms. The van der Waals surface area contributed by atoms with Crippen LogP contribution in [0.1, 0.15) is 38.2 Å². The SMILES string of the molecule is Cc1cc(C(C)N)nc(NC(=O)C(C)C)n1.Cl. The van der Waals surface area contributed by atoms with Crippen molar-refractivity contribution in [1.29, 1.82) is 0 Å². The Hall–Kier alpha value is -1.20. The number of hydrogen-bond donors (Lipinski definition) is 2. The predicted octanol–water partition coefficient (Wildman–Crippen LogP) is 1.82. The Balaban J connectivity index is 0.00000256. The van der Waals surface area contributed by atoms with Gasteiger partial charge in [-0.25, -0.2) is 9.97 Å². The largest absolute Gasteiger partial charge is 0.323 e. The fourth-order valence-electron chi connectivity index (χ4n) is 1.14. The van der Waals surface area contributed by atoms with Gasteiger partial charge in [0.1, 0.15) is 0 Å². The lowest BCUT2D eigenvalue weighted by Gasteiger charge is -2.10. The van der Waals surface area contributed by atoms with Gasteiger partial charge in [-0.2, -0.15) is 0 Å². The molecule has 0 bridgehead atoms. The molecule has 0 fully saturated rings. The number of nitrogens with two attached hydrogens (primary N) is 1. The summed E-state index contributed by atoms with van der Waals surface area (Å²) in [5.74, 6) is 0.134. The second-order valence-corrected chi connectivity index (χ2v) is 4.19. The number of nitrogens with zero attached hydrogens (tertiary/aromatic N) is 2. The molecule has 0 aliphatic rings. The Morgan fingerprint density at radius 3 is 2.41 bits per heavy atom. The minimum absolute atomic E-state index is 0. The Labute approximate surface area is 108 Å². The van der Waals surface area contributed by atoms with Crippen LogP contribution in [-0.2, 0) is 4.79 Å². The molecular weight excluding hydrogens is 240 g/mol. The van der Waals surface area contributed by atoms with E-state index in [-0.39, 0.29) is 30.3 Å². The standard InChI is InChI=1S/C11H18N4O.ClH/c1-6(2)10(16)15-11-13-7(3)5-9(14-11)8(4)12;/h5-6,8H,12H2,1-4H3,(H,13,14,15,16);1H. The zero-order chi connectivity index (χ0) is 12.3. The molecule has 1 aromatic heterocycles. The normalized spacial score (nSPS) is 11.9. The van der Waals surface area contributed by atoms with Crippen molar-refractivity contribution in [3.05, 3.63) is 17.5 Å². The summed E-state index contributed by atoms with van der Waals surface area (Å²) >= 11 is 0. The minimum Gasteiger partial charge on any atom is -0.323 e. The lowest BCUT2D eigenvalue weighted by molar-refractivity contribution is -0.118. The number of rotatable bonds is 3. The number of anilines is 1. The van der Waals surface area contributed by atoms with Gasteiger partial charge in [0, 0.05) is 17.7 Å². The van der Waals surface area contributed by atoms with E-state index in [2.05, 4.69) is 15.3 Å². The van der Waals surface area contributed by atoms with Gasteiger partial charge < -0.3 is 5.73 Å². The average Bonchev–Trinajstić information content (AvgIpc) is 2.16. The smallest absolute Gasteiger partial charge is 0.229 e. The van der Waals surface area contributed by atoms with Crippen LogP contribution in [-0.4, -0.2) is 15.9 Å². The first-order valence-electron chi connectivity index (χ1n) is 5.32. The van der Waals surface area contributed by atoms with Crippen molar-refractivity contribution >= 4 is 24.3 Å². The number of nitrogens with one attached hydrogen (secondary N) is 1. The highest BCUT2D eigenvalue weighted by Gasteiger charge is 2.11. The highest BCUT2D eigenvalue weighted by Crippen LogP contribution is 2.11. The lowest BCUT2D eigenvalue weighted by Crippen LogP contribution is -2.20. The first-order valence-corrected chi connectivity index (χ1v) is 5.32. The molecule has 96 valence electrons. The maximum Gasteiger partial charge on any atom is 0.229 e. The average molecular weight is 259 g/mol. The number of halogens is 1. The third-order valence-electron chi connectivity index (χ3n) is 2.10. The van der Waals surface area contributed by atoms with E-state index in [0.717, 1.165) is 11.4 Å². The third-order valence-corrected chi connectivity index (χ3v) is 2.10. The molecule has 3 N–H and O–H groups in total. The van der Waals surface area contributed by atoms with Gasteiger partial charge in [-0.05, 0) is 19.9 Å². The van der Waals surface area contributed by atoms with Crippen LogP contribution in [0, 0.1) is 12.8 Å². The highest BCUT2D eigenvalue weighted by molar-refractivity contribution is 5.90. The summed E-state index contributed by atoms with van der Waals surface area (Å²) in [5, 5.41) is 2.66. The first-order chi connectivity index (χ1) is 7.40. The molecular formula is C11H19ClN4O. The van der Waals surface area contributed by atoms with Crippen LogP contribution < -0.4 is 11.1 Å². The molecule has 0 saturated carbocycles. The van der Waals surface area contributed by atoms with E-state index in [9.17, 15) is 4.79 Å². The van der Waals surface area contributed by atoms with E-state index in [1.54, 1.807) is 0 Å². The van der Waals surface area contributed by atoms with Crippen molar-refractivity contribution in [2.24, 2.45) is 11.7 Å². The fraction of sp³-hybridized carbons (Fsp3) is 0.545. The summed E-state index contributed by atoms with van der Waals surface area (Å²) in [6.45, 7) is 7.32. The molecule has 1 rings (SSSR count). The molecule has 1 atom stereocenters. The minimum atomic E-state index is -0.170. The van der Waals surface area contributed by atoms with Crippen molar-refractivity contribution in [1.82, 2.24) is 9.97 Å². The number of aromatic nitrogens is 2. The molecule has 5 nitrogen and oxygen atoms in total. The van der Waals surface area contributed by atoms with Crippen LogP contribution >= 0.6 is 12.4 Å². The zero-order valence-corrected chi connectivity index (χ0v) is 11.3. The molecule has 1 heterocycles. The number of aryl methyl sites for hydroxylation is 1. The molecule has 0 saturated heterocycles. The topological polar surface area (TPSA) is 80.9 Å². The molecule has 6 heteroatoms. The molecule has 0 aliphatic carbocycles. The predicted molar refractivity (Wildman–Crippen MR) is 70.1 cm³/mol. The van der Waals surface area contributed by atoms with Crippen LogP contribution in [0.4, 0.5) is 5.95 Å². The van der Waals surface area contributed by atoms with Gasteiger partial charge in [0.2, 0.25) is 11.9 Å². The Bertz CT molecular complexity index is 393. The quantitative estimate of drug-likeness (QED) is 0.867. The van der Waals surface area contributed by atoms with Gasteiger partial charge in [0.05, 0.1) is 5.69 Å². The monoisotopic (exact) mass is 258 g/mol. The second-order valence-electron chi connectivity index (χ2n) is 4.19. The van der Waals surface area contributed by atoms with Gasteiger partial charge in [-0.1, -0.05) is 13.8 Å². The molecule has 1 unspecified atom stereocenters. The maximum atomic E-state index is 11.5. The molecule has 1 amide bonds. The number of carbonyl (C=O) groups excluding carboxylic acids is 1. The van der Waals surface area contributed by atoms with Crippen molar-refractivity contribution in [3.63, 3.8) is 0 Å². The summed E-state index contributed by atoms with van der Waals surface area (Å²) in [6, 6.07) is 1.65. The number of hydrogen-bond acceptors (Lipinski definition) is 4. The first kappa shape index (κ1) is 15.8. The van der Waals surface area contributed by atoms with Gasteiger partial charge in [0.15, 0.2) is 0 Å². The molecule has 0 aliphatic heterocycles. The van der Waals surface area contributed by atoms with Crippen LogP contribution in [0.15, 0.2) is 6.07 Å². The van der Waals surface area contributed by atoms with Crippen LogP contribution in [0.2, 0.25) is 0 Å². The summed E-state index contributed by atoms with van der Waals surface area (Å²) in [5.41, 5.74) is 7.26. The number of carbonyl (C=O) groups is 1. The van der Waals surface area contributed by atoms with Gasteiger partial charge in [-0.15, -0.1) is 12.4 Å². The van der Waals surface area contributed by atoms with Crippen molar-refractivity contribution < 1.29 is 4.79 Å². The Kier molecular flexibility index (Phi) is 6.05. The lowest BCUT2D eigenvalue weighted by atomic mass is 10.2. The van der Waals surface area contributed by atoms with Crippen molar-refractivity contribution in [3.8, 4) is 0 Å². The highest BCUT2D eigenvalue weighted by atomic mass is 35.5. The zero-order valence-electron chi connectivity index (χ0n) is 10.5. The van der Waals surface area contributed by atoms with E-state index in [1.807, 2.05) is 33.8 Å². The van der Waals surface area contributed by atoms with Crippen molar-refractivity contribution in [2.45, 2.75) is 33.7 Å². The van der Waals surface area contributed by atoms with Crippen LogP contribution in [0.5, 0.6) is 0 Å². The van der Waals surface area contributed by atoms with E-state index in [0.29, 0.717) is 5.95 Å². The Morgan fingerprint density at radius 1 is 1.35 bits per heavy atom. The van der Waals surface area contributed by atoms with E-state index in [4.69, 9.17) is 5.73 Å². The van der Waals surface area contributed by atoms with Crippen LogP contribution in [0.3, 0.4) is 0 Å². The summed E-state index contributed by atoms with van der Waals surface area (Å²) in [4.78, 5) is 19.8. The third kappa shape index (κ3) is 4.66. The van der Waals surface area contributed by atoms with E-state index < -0.39 is 0 Å². The van der Waals surface area contributed by atoms with Crippen molar-refractivity contribution in [2.75, 3.05) is 5.32 Å². The van der Waals surface area contributed by atoms with E-state index in [1.165, 1.54) is 0 Å². The van der Waals surface area contributed by atoms with E-state index >= 15 is 0 Å². The Morgan fingerprint density at radius 2 is 1.94 bits per heavy atom. The molecule has 0 aromatic carbocycles. The summed E-state index contributed by atoms with van der Waals surface area (Å²) in [7, 11) is 0. The summed E-state index contributed by atoms with van der Waals surface area (Å²) < 4.78 is 0. The number of amides is 1. The van der Waals surface area contributed by atoms with Gasteiger partial charge in [-0.3, -0.25) is 10.1 Å². The fourth-order valence-corrected chi connectivity index (χ4v) is 1.14. The van der Waals surface area contributed by atoms with Crippen LogP contribution in [0.25, 0.3) is 0 Å². The van der Waals surface area contributed by atoms with Gasteiger partial charge in [0.25, 0.3) is 0 Å². The maximum absolute atomic E-state index is 11.5.